The van der Waals surface area contributed by atoms with Crippen molar-refractivity contribution in [2.75, 3.05) is 0 Å². The van der Waals surface area contributed by atoms with E-state index in [9.17, 15) is 30.3 Å². The molecule has 0 amide bonds. The standard InChI is InChI=1S/C8H7N3O6/c12-9(13)7-3-1-6(2-4-7)5-8(10(14)15)11(16)17/h1-4,8H,5H2. The van der Waals surface area contributed by atoms with Crippen LogP contribution in [0.4, 0.5) is 5.69 Å². The minimum Gasteiger partial charge on any atom is -0.259 e. The van der Waals surface area contributed by atoms with Crippen LogP contribution in [0.2, 0.25) is 0 Å². The molecule has 0 aliphatic carbocycles. The first kappa shape index (κ1) is 12.5. The Morgan fingerprint density at radius 2 is 1.41 bits per heavy atom. The molecular formula is C8H7N3O6. The molecule has 0 radical (unpaired) electrons. The minimum atomic E-state index is -1.93. The SMILES string of the molecule is O=[N+]([O-])c1ccc(CC([N+](=O)[O-])[N+](=O)[O-])cc1. The van der Waals surface area contributed by atoms with Gasteiger partial charge in [0.25, 0.3) is 5.69 Å². The molecule has 9 nitrogen and oxygen atoms in total. The van der Waals surface area contributed by atoms with Gasteiger partial charge in [-0.2, -0.15) is 0 Å². The predicted octanol–water partition coefficient (Wildman–Crippen LogP) is 1.02. The molecule has 0 aliphatic heterocycles. The molecular weight excluding hydrogens is 234 g/mol. The second-order valence-corrected chi connectivity index (χ2v) is 3.18. The van der Waals surface area contributed by atoms with Crippen molar-refractivity contribution in [1.29, 1.82) is 0 Å². The Bertz CT molecular complexity index is 443. The van der Waals surface area contributed by atoms with E-state index in [-0.39, 0.29) is 5.69 Å². The smallest absolute Gasteiger partial charge is 0.259 e. The number of nitro benzene ring substituents is 1. The summed E-state index contributed by atoms with van der Waals surface area (Å²) >= 11 is 0. The fourth-order valence-corrected chi connectivity index (χ4v) is 1.19. The first-order chi connectivity index (χ1) is 7.91. The molecule has 0 unspecified atom stereocenters. The van der Waals surface area contributed by atoms with Gasteiger partial charge in [-0.1, -0.05) is 12.1 Å². The molecule has 0 saturated heterocycles. The fourth-order valence-electron chi connectivity index (χ4n) is 1.19. The van der Waals surface area contributed by atoms with Gasteiger partial charge in [0.15, 0.2) is 0 Å². The molecule has 1 aromatic carbocycles. The zero-order valence-corrected chi connectivity index (χ0v) is 8.38. The average molecular weight is 241 g/mol. The molecule has 9 heteroatoms. The van der Waals surface area contributed by atoms with E-state index in [0.29, 0.717) is 5.56 Å². The molecule has 17 heavy (non-hydrogen) atoms. The van der Waals surface area contributed by atoms with Crippen molar-refractivity contribution in [3.63, 3.8) is 0 Å². The Morgan fingerprint density at radius 3 is 1.76 bits per heavy atom. The van der Waals surface area contributed by atoms with Gasteiger partial charge in [0.1, 0.15) is 6.42 Å². The number of nitrogens with zero attached hydrogens (tertiary/aromatic N) is 3. The van der Waals surface area contributed by atoms with Gasteiger partial charge in [-0.05, 0) is 5.56 Å². The average Bonchev–Trinajstić information content (AvgIpc) is 2.25. The van der Waals surface area contributed by atoms with Crippen LogP contribution in [-0.4, -0.2) is 20.9 Å². The van der Waals surface area contributed by atoms with Crippen LogP contribution in [0.3, 0.4) is 0 Å². The summed E-state index contributed by atoms with van der Waals surface area (Å²) in [5, 5.41) is 31.1. The number of benzene rings is 1. The van der Waals surface area contributed by atoms with Crippen LogP contribution < -0.4 is 0 Å². The summed E-state index contributed by atoms with van der Waals surface area (Å²) in [4.78, 5) is 28.5. The van der Waals surface area contributed by atoms with Gasteiger partial charge in [-0.3, -0.25) is 30.3 Å². The molecule has 0 fully saturated rings. The van der Waals surface area contributed by atoms with Crippen LogP contribution in [0, 0.1) is 30.3 Å². The maximum atomic E-state index is 10.4. The third kappa shape index (κ3) is 3.19. The van der Waals surface area contributed by atoms with Gasteiger partial charge in [-0.25, -0.2) is 0 Å². The topological polar surface area (TPSA) is 129 Å². The van der Waals surface area contributed by atoms with Gasteiger partial charge in [0.2, 0.25) is 0 Å². The summed E-state index contributed by atoms with van der Waals surface area (Å²) in [6.07, 6.45) is -2.34. The molecule has 0 bridgehead atoms. The van der Waals surface area contributed by atoms with Gasteiger partial charge < -0.3 is 0 Å². The summed E-state index contributed by atoms with van der Waals surface area (Å²) in [5.41, 5.74) is 0.126. The lowest BCUT2D eigenvalue weighted by molar-refractivity contribution is -0.741. The highest BCUT2D eigenvalue weighted by Gasteiger charge is 2.32. The molecule has 0 spiro atoms. The quantitative estimate of drug-likeness (QED) is 0.429. The monoisotopic (exact) mass is 241 g/mol. The molecule has 90 valence electrons. The normalized spacial score (nSPS) is 10.2. The minimum absolute atomic E-state index is 0.174. The van der Waals surface area contributed by atoms with E-state index in [0.717, 1.165) is 12.1 Å². The van der Waals surface area contributed by atoms with Gasteiger partial charge in [0, 0.05) is 12.1 Å². The van der Waals surface area contributed by atoms with E-state index in [4.69, 9.17) is 0 Å². The van der Waals surface area contributed by atoms with Crippen molar-refractivity contribution >= 4 is 5.69 Å². The van der Waals surface area contributed by atoms with Crippen molar-refractivity contribution < 1.29 is 14.8 Å². The zero-order valence-electron chi connectivity index (χ0n) is 8.38. The second kappa shape index (κ2) is 4.96. The maximum absolute atomic E-state index is 10.4. The molecule has 0 aliphatic rings. The van der Waals surface area contributed by atoms with E-state index < -0.39 is 27.4 Å². The summed E-state index contributed by atoms with van der Waals surface area (Å²) in [7, 11) is 0. The first-order valence-corrected chi connectivity index (χ1v) is 4.42. The first-order valence-electron chi connectivity index (χ1n) is 4.42. The molecule has 0 heterocycles. The molecule has 0 saturated carbocycles. The molecule has 0 N–H and O–H groups in total. The van der Waals surface area contributed by atoms with E-state index in [1.54, 1.807) is 0 Å². The Balaban J connectivity index is 2.84. The highest BCUT2D eigenvalue weighted by molar-refractivity contribution is 5.32. The number of rotatable bonds is 5. The summed E-state index contributed by atoms with van der Waals surface area (Å²) in [5.74, 6) is 0. The van der Waals surface area contributed by atoms with Crippen molar-refractivity contribution in [2.24, 2.45) is 0 Å². The summed E-state index contributed by atoms with van der Waals surface area (Å²) in [6, 6.07) is 4.81. The second-order valence-electron chi connectivity index (χ2n) is 3.18. The third-order valence-electron chi connectivity index (χ3n) is 2.05. The van der Waals surface area contributed by atoms with E-state index >= 15 is 0 Å². The van der Waals surface area contributed by atoms with Crippen LogP contribution in [0.25, 0.3) is 0 Å². The molecule has 0 aromatic heterocycles. The Kier molecular flexibility index (Phi) is 3.65. The van der Waals surface area contributed by atoms with Crippen molar-refractivity contribution in [3.8, 4) is 0 Å². The van der Waals surface area contributed by atoms with E-state index in [1.165, 1.54) is 12.1 Å². The Morgan fingerprint density at radius 1 is 0.941 bits per heavy atom. The van der Waals surface area contributed by atoms with Crippen molar-refractivity contribution in [1.82, 2.24) is 0 Å². The van der Waals surface area contributed by atoms with Crippen LogP contribution in [0.1, 0.15) is 5.56 Å². The fraction of sp³-hybridized carbons (Fsp3) is 0.250. The predicted molar refractivity (Wildman–Crippen MR) is 54.6 cm³/mol. The van der Waals surface area contributed by atoms with Crippen LogP contribution in [-0.2, 0) is 6.42 Å². The van der Waals surface area contributed by atoms with E-state index in [2.05, 4.69) is 0 Å². The molecule has 1 rings (SSSR count). The molecule has 0 atom stereocenters. The van der Waals surface area contributed by atoms with Crippen molar-refractivity contribution in [2.45, 2.75) is 12.6 Å². The Hall–Kier alpha value is -2.58. The summed E-state index contributed by atoms with van der Waals surface area (Å²) < 4.78 is 0. The van der Waals surface area contributed by atoms with Crippen LogP contribution in [0.15, 0.2) is 24.3 Å². The zero-order chi connectivity index (χ0) is 13.0. The number of hydrogen-bond acceptors (Lipinski definition) is 6. The van der Waals surface area contributed by atoms with Crippen LogP contribution in [0.5, 0.6) is 0 Å². The lowest BCUT2D eigenvalue weighted by Crippen LogP contribution is -2.30. The maximum Gasteiger partial charge on any atom is 0.454 e. The lowest BCUT2D eigenvalue weighted by atomic mass is 10.1. The highest BCUT2D eigenvalue weighted by atomic mass is 16.7. The number of hydrogen-bond donors (Lipinski definition) is 0. The Labute approximate surface area is 94.1 Å². The van der Waals surface area contributed by atoms with Gasteiger partial charge in [0.05, 0.1) is 14.8 Å². The largest absolute Gasteiger partial charge is 0.454 e. The number of nitro groups is 3. The van der Waals surface area contributed by atoms with Crippen LogP contribution >= 0.6 is 0 Å². The van der Waals surface area contributed by atoms with E-state index in [1.807, 2.05) is 0 Å². The summed E-state index contributed by atoms with van der Waals surface area (Å²) in [6.45, 7) is 0. The molecule has 1 aromatic rings. The van der Waals surface area contributed by atoms with Crippen molar-refractivity contribution in [3.05, 3.63) is 60.2 Å². The highest BCUT2D eigenvalue weighted by Crippen LogP contribution is 2.14. The van der Waals surface area contributed by atoms with Gasteiger partial charge >= 0.3 is 6.17 Å². The van der Waals surface area contributed by atoms with Gasteiger partial charge in [-0.15, -0.1) is 0 Å². The lowest BCUT2D eigenvalue weighted by Gasteiger charge is -2.01. The third-order valence-corrected chi connectivity index (χ3v) is 2.05. The number of non-ortho nitro benzene ring substituents is 1.